The van der Waals surface area contributed by atoms with Crippen LogP contribution in [0.15, 0.2) is 16.2 Å². The van der Waals surface area contributed by atoms with Crippen molar-refractivity contribution in [2.75, 3.05) is 11.9 Å². The number of anilines is 1. The van der Waals surface area contributed by atoms with E-state index in [1.807, 2.05) is 18.5 Å². The van der Waals surface area contributed by atoms with Gasteiger partial charge in [-0.3, -0.25) is 5.10 Å². The van der Waals surface area contributed by atoms with Crippen LogP contribution in [0.2, 0.25) is 0 Å². The highest BCUT2D eigenvalue weighted by atomic mass is 79.9. The second kappa shape index (κ2) is 5.45. The first kappa shape index (κ1) is 11.6. The maximum Gasteiger partial charge on any atom is 0.183 e. The Hall–Kier alpha value is -0.880. The quantitative estimate of drug-likeness (QED) is 0.835. The van der Waals surface area contributed by atoms with E-state index in [9.17, 15) is 0 Å². The van der Waals surface area contributed by atoms with Gasteiger partial charge in [-0.2, -0.15) is 5.10 Å². The molecule has 0 aliphatic rings. The molecule has 2 rings (SSSR count). The van der Waals surface area contributed by atoms with Crippen molar-refractivity contribution in [1.29, 1.82) is 0 Å². The Morgan fingerprint density at radius 3 is 3.06 bits per heavy atom. The first-order valence-electron chi connectivity index (χ1n) is 5.09. The lowest BCUT2D eigenvalue weighted by molar-refractivity contribution is 0.856. The molecule has 0 saturated heterocycles. The number of hydrogen-bond donors (Lipinski definition) is 2. The molecule has 2 aromatic heterocycles. The number of hydrogen-bond acceptors (Lipinski definition) is 4. The van der Waals surface area contributed by atoms with E-state index in [4.69, 9.17) is 0 Å². The third kappa shape index (κ3) is 3.05. The predicted molar refractivity (Wildman–Crippen MR) is 69.9 cm³/mol. The number of aryl methyl sites for hydroxylation is 2. The molecular weight excluding hydrogens is 288 g/mol. The van der Waals surface area contributed by atoms with Crippen molar-refractivity contribution in [2.24, 2.45) is 0 Å². The number of nitrogens with zero attached hydrogens (tertiary/aromatic N) is 2. The average Bonchev–Trinajstić information content (AvgIpc) is 2.83. The maximum atomic E-state index is 4.27. The summed E-state index contributed by atoms with van der Waals surface area (Å²) >= 11 is 4.94. The molecule has 0 atom stereocenters. The van der Waals surface area contributed by atoms with Crippen LogP contribution in [0, 0.1) is 6.92 Å². The average molecular weight is 301 g/mol. The fraction of sp³-hybridized carbons (Fsp3) is 0.400. The van der Waals surface area contributed by atoms with E-state index in [2.05, 4.69) is 36.4 Å². The summed E-state index contributed by atoms with van der Waals surface area (Å²) in [6.45, 7) is 2.98. The van der Waals surface area contributed by atoms with Crippen molar-refractivity contribution in [1.82, 2.24) is 15.2 Å². The van der Waals surface area contributed by atoms with Crippen molar-refractivity contribution < 1.29 is 0 Å². The predicted octanol–water partition coefficient (Wildman–Crippen LogP) is 2.98. The highest BCUT2D eigenvalue weighted by Crippen LogP contribution is 2.19. The lowest BCUT2D eigenvalue weighted by Gasteiger charge is -2.01. The molecule has 2 aromatic rings. The summed E-state index contributed by atoms with van der Waals surface area (Å²) in [5, 5.41) is 13.2. The first-order chi connectivity index (χ1) is 7.75. The second-order valence-electron chi connectivity index (χ2n) is 3.53. The van der Waals surface area contributed by atoms with Crippen LogP contribution >= 0.6 is 27.3 Å². The molecule has 0 radical (unpaired) electrons. The lowest BCUT2D eigenvalue weighted by Crippen LogP contribution is -2.02. The van der Waals surface area contributed by atoms with Gasteiger partial charge in [-0.15, -0.1) is 11.3 Å². The Morgan fingerprint density at radius 2 is 2.44 bits per heavy atom. The van der Waals surface area contributed by atoms with Crippen LogP contribution < -0.4 is 5.32 Å². The van der Waals surface area contributed by atoms with Crippen LogP contribution in [0.3, 0.4) is 0 Å². The van der Waals surface area contributed by atoms with Crippen LogP contribution in [0.4, 0.5) is 5.13 Å². The zero-order valence-corrected chi connectivity index (χ0v) is 11.4. The number of H-pyrrole nitrogens is 1. The topological polar surface area (TPSA) is 53.6 Å². The van der Waals surface area contributed by atoms with Gasteiger partial charge in [0.25, 0.3) is 0 Å². The van der Waals surface area contributed by atoms with E-state index < -0.39 is 0 Å². The Balaban J connectivity index is 1.71. The molecule has 2 heterocycles. The van der Waals surface area contributed by atoms with Gasteiger partial charge in [0.2, 0.25) is 0 Å². The van der Waals surface area contributed by atoms with Gasteiger partial charge in [-0.25, -0.2) is 4.98 Å². The van der Waals surface area contributed by atoms with Crippen molar-refractivity contribution in [3.63, 3.8) is 0 Å². The largest absolute Gasteiger partial charge is 0.361 e. The molecule has 0 saturated carbocycles. The van der Waals surface area contributed by atoms with Gasteiger partial charge in [0.1, 0.15) is 4.60 Å². The zero-order valence-electron chi connectivity index (χ0n) is 8.96. The van der Waals surface area contributed by atoms with E-state index in [1.54, 1.807) is 11.3 Å². The van der Waals surface area contributed by atoms with Crippen LogP contribution in [0.25, 0.3) is 0 Å². The number of aromatic amines is 1. The summed E-state index contributed by atoms with van der Waals surface area (Å²) in [6, 6.07) is 0. The third-order valence-electron chi connectivity index (χ3n) is 2.31. The van der Waals surface area contributed by atoms with Crippen LogP contribution in [0.5, 0.6) is 0 Å². The molecule has 0 aliphatic carbocycles. The molecule has 0 fully saturated rings. The summed E-state index contributed by atoms with van der Waals surface area (Å²) in [7, 11) is 0. The first-order valence-corrected chi connectivity index (χ1v) is 6.76. The number of thiazole rings is 1. The molecule has 0 unspecified atom stereocenters. The molecule has 0 aliphatic heterocycles. The van der Waals surface area contributed by atoms with Gasteiger partial charge in [0.15, 0.2) is 5.13 Å². The minimum Gasteiger partial charge on any atom is -0.361 e. The van der Waals surface area contributed by atoms with E-state index in [0.29, 0.717) is 0 Å². The fourth-order valence-electron chi connectivity index (χ4n) is 1.44. The number of rotatable bonds is 5. The molecule has 4 nitrogen and oxygen atoms in total. The second-order valence-corrected chi connectivity index (χ2v) is 5.20. The number of aromatic nitrogens is 3. The fourth-order valence-corrected chi connectivity index (χ4v) is 2.61. The van der Waals surface area contributed by atoms with Crippen molar-refractivity contribution >= 4 is 32.4 Å². The highest BCUT2D eigenvalue weighted by molar-refractivity contribution is 9.10. The summed E-state index contributed by atoms with van der Waals surface area (Å²) in [5.41, 5.74) is 2.46. The molecule has 0 spiro atoms. The van der Waals surface area contributed by atoms with Crippen molar-refractivity contribution in [2.45, 2.75) is 19.8 Å². The van der Waals surface area contributed by atoms with E-state index in [1.165, 1.54) is 5.56 Å². The van der Waals surface area contributed by atoms with Gasteiger partial charge in [-0.05, 0) is 41.3 Å². The molecule has 0 bridgehead atoms. The molecule has 86 valence electrons. The molecule has 0 aromatic carbocycles. The Morgan fingerprint density at radius 1 is 1.56 bits per heavy atom. The number of halogens is 1. The Bertz CT molecular complexity index is 451. The molecule has 0 amide bonds. The van der Waals surface area contributed by atoms with Crippen LogP contribution in [-0.4, -0.2) is 21.7 Å². The zero-order chi connectivity index (χ0) is 11.4. The highest BCUT2D eigenvalue weighted by Gasteiger charge is 2.01. The van der Waals surface area contributed by atoms with Crippen LogP contribution in [0.1, 0.15) is 17.7 Å². The molecule has 6 heteroatoms. The minimum atomic E-state index is 0.894. The minimum absolute atomic E-state index is 0.894. The van der Waals surface area contributed by atoms with E-state index in [-0.39, 0.29) is 0 Å². The van der Waals surface area contributed by atoms with Crippen molar-refractivity contribution in [3.05, 3.63) is 27.4 Å². The van der Waals surface area contributed by atoms with Crippen LogP contribution in [-0.2, 0) is 6.42 Å². The van der Waals surface area contributed by atoms with Gasteiger partial charge >= 0.3 is 0 Å². The van der Waals surface area contributed by atoms with E-state index >= 15 is 0 Å². The van der Waals surface area contributed by atoms with Gasteiger partial charge in [0.05, 0.1) is 6.20 Å². The maximum absolute atomic E-state index is 4.27. The standard InChI is InChI=1S/C10H13BrN4S/c1-7-8(5-13-15-7)3-2-4-12-10-14-9(11)6-16-10/h5-6H,2-4H2,1H3,(H,12,14)(H,13,15). The Kier molecular flexibility index (Phi) is 3.95. The molecule has 16 heavy (non-hydrogen) atoms. The number of nitrogens with one attached hydrogen (secondary N) is 2. The Labute approximate surface area is 107 Å². The smallest absolute Gasteiger partial charge is 0.183 e. The van der Waals surface area contributed by atoms with Gasteiger partial charge < -0.3 is 5.32 Å². The third-order valence-corrected chi connectivity index (χ3v) is 3.82. The lowest BCUT2D eigenvalue weighted by atomic mass is 10.1. The normalized spacial score (nSPS) is 10.6. The summed E-state index contributed by atoms with van der Waals surface area (Å²) in [4.78, 5) is 4.27. The van der Waals surface area contributed by atoms with E-state index in [0.717, 1.165) is 34.8 Å². The summed E-state index contributed by atoms with van der Waals surface area (Å²) < 4.78 is 0.894. The van der Waals surface area contributed by atoms with Gasteiger partial charge in [0, 0.05) is 17.6 Å². The monoisotopic (exact) mass is 300 g/mol. The molecular formula is C10H13BrN4S. The summed E-state index contributed by atoms with van der Waals surface area (Å²) in [6.07, 6.45) is 4.02. The summed E-state index contributed by atoms with van der Waals surface area (Å²) in [5.74, 6) is 0. The SMILES string of the molecule is Cc1[nH]ncc1CCCNc1nc(Br)cs1. The van der Waals surface area contributed by atoms with Gasteiger partial charge in [-0.1, -0.05) is 0 Å². The van der Waals surface area contributed by atoms with Crippen molar-refractivity contribution in [3.8, 4) is 0 Å². The molecule has 2 N–H and O–H groups in total.